The van der Waals surface area contributed by atoms with Gasteiger partial charge in [-0.2, -0.15) is 0 Å². The van der Waals surface area contributed by atoms with Crippen LogP contribution in [0.1, 0.15) is 39.5 Å². The van der Waals surface area contributed by atoms with E-state index in [0.717, 1.165) is 58.4 Å². The highest BCUT2D eigenvalue weighted by Crippen LogP contribution is 2.16. The fourth-order valence-corrected chi connectivity index (χ4v) is 3.47. The fourth-order valence-electron chi connectivity index (χ4n) is 3.47. The molecular formula is C17H32N4O2. The van der Waals surface area contributed by atoms with Crippen molar-refractivity contribution in [1.82, 2.24) is 20.4 Å². The summed E-state index contributed by atoms with van der Waals surface area (Å²) < 4.78 is 0. The Hall–Kier alpha value is -1.14. The zero-order chi connectivity index (χ0) is 16.7. The van der Waals surface area contributed by atoms with E-state index in [0.29, 0.717) is 19.0 Å². The Kier molecular flexibility index (Phi) is 7.30. The Morgan fingerprint density at radius 3 is 2.65 bits per heavy atom. The van der Waals surface area contributed by atoms with Gasteiger partial charge in [0.05, 0.1) is 12.6 Å². The molecule has 0 saturated carbocycles. The Labute approximate surface area is 140 Å². The summed E-state index contributed by atoms with van der Waals surface area (Å²) in [6, 6.07) is -0.0148. The van der Waals surface area contributed by atoms with Crippen molar-refractivity contribution in [3.05, 3.63) is 0 Å². The summed E-state index contributed by atoms with van der Waals surface area (Å²) >= 11 is 0. The van der Waals surface area contributed by atoms with E-state index in [9.17, 15) is 9.59 Å². The first-order valence-corrected chi connectivity index (χ1v) is 9.15. The van der Waals surface area contributed by atoms with E-state index in [1.165, 1.54) is 0 Å². The van der Waals surface area contributed by atoms with Crippen molar-refractivity contribution in [1.29, 1.82) is 0 Å². The highest BCUT2D eigenvalue weighted by atomic mass is 16.2. The van der Waals surface area contributed by atoms with Crippen LogP contribution in [-0.2, 0) is 9.59 Å². The molecule has 0 bridgehead atoms. The molecule has 23 heavy (non-hydrogen) atoms. The monoisotopic (exact) mass is 324 g/mol. The summed E-state index contributed by atoms with van der Waals surface area (Å²) in [5.41, 5.74) is 0. The van der Waals surface area contributed by atoms with Gasteiger partial charge in [0.2, 0.25) is 11.8 Å². The van der Waals surface area contributed by atoms with E-state index in [1.54, 1.807) is 0 Å². The summed E-state index contributed by atoms with van der Waals surface area (Å²) in [6.07, 6.45) is 4.14. The number of nitrogens with one attached hydrogen (secondary N) is 2. The highest BCUT2D eigenvalue weighted by molar-refractivity contribution is 5.82. The van der Waals surface area contributed by atoms with Crippen LogP contribution in [0.4, 0.5) is 0 Å². The summed E-state index contributed by atoms with van der Waals surface area (Å²) in [5, 5.41) is 6.29. The Bertz CT molecular complexity index is 392. The molecule has 2 amide bonds. The molecule has 2 unspecified atom stereocenters. The van der Waals surface area contributed by atoms with Gasteiger partial charge in [0.1, 0.15) is 0 Å². The van der Waals surface area contributed by atoms with Crippen LogP contribution in [0.3, 0.4) is 0 Å². The maximum absolute atomic E-state index is 12.4. The van der Waals surface area contributed by atoms with E-state index in [2.05, 4.69) is 29.4 Å². The lowest BCUT2D eigenvalue weighted by atomic mass is 9.97. The van der Waals surface area contributed by atoms with Gasteiger partial charge >= 0.3 is 0 Å². The van der Waals surface area contributed by atoms with E-state index in [-0.39, 0.29) is 17.9 Å². The molecule has 132 valence electrons. The van der Waals surface area contributed by atoms with Gasteiger partial charge in [0.25, 0.3) is 0 Å². The fraction of sp³-hybridized carbons (Fsp3) is 0.882. The van der Waals surface area contributed by atoms with Gasteiger partial charge in [-0.05, 0) is 51.2 Å². The quantitative estimate of drug-likeness (QED) is 0.713. The topological polar surface area (TPSA) is 64.7 Å². The molecule has 2 atom stereocenters. The normalized spacial score (nSPS) is 24.9. The molecule has 2 aliphatic heterocycles. The number of piperidine rings is 1. The molecule has 2 rings (SSSR count). The van der Waals surface area contributed by atoms with Crippen LogP contribution in [0.2, 0.25) is 0 Å². The minimum atomic E-state index is -0.0148. The van der Waals surface area contributed by atoms with E-state index in [1.807, 2.05) is 4.90 Å². The SMILES string of the molecule is CCN(CC)CC(=O)N1CCCC(CNC(=O)C2CCCN2)C1. The predicted molar refractivity (Wildman–Crippen MR) is 91.1 cm³/mol. The standard InChI is InChI=1S/C17H32N4O2/c1-3-20(4-2)13-16(22)21-10-6-7-14(12-21)11-19-17(23)15-8-5-9-18-15/h14-15,18H,3-13H2,1-2H3,(H,19,23). The first kappa shape index (κ1) is 18.2. The molecule has 0 aliphatic carbocycles. The van der Waals surface area contributed by atoms with Crippen LogP contribution < -0.4 is 10.6 Å². The minimum absolute atomic E-state index is 0.0148. The number of nitrogens with zero attached hydrogens (tertiary/aromatic N) is 2. The average molecular weight is 324 g/mol. The summed E-state index contributed by atoms with van der Waals surface area (Å²) in [5.74, 6) is 0.728. The van der Waals surface area contributed by atoms with Crippen molar-refractivity contribution in [3.8, 4) is 0 Å². The number of hydrogen-bond donors (Lipinski definition) is 2. The maximum atomic E-state index is 12.4. The van der Waals surface area contributed by atoms with Crippen LogP contribution in [0.5, 0.6) is 0 Å². The lowest BCUT2D eigenvalue weighted by molar-refractivity contribution is -0.134. The van der Waals surface area contributed by atoms with Gasteiger partial charge in [-0.3, -0.25) is 14.5 Å². The van der Waals surface area contributed by atoms with E-state index < -0.39 is 0 Å². The van der Waals surface area contributed by atoms with Crippen LogP contribution in [-0.4, -0.2) is 73.5 Å². The second-order valence-corrected chi connectivity index (χ2v) is 6.70. The van der Waals surface area contributed by atoms with E-state index in [4.69, 9.17) is 0 Å². The van der Waals surface area contributed by atoms with Gasteiger partial charge in [-0.25, -0.2) is 0 Å². The first-order valence-electron chi connectivity index (χ1n) is 9.15. The second-order valence-electron chi connectivity index (χ2n) is 6.70. The van der Waals surface area contributed by atoms with Crippen LogP contribution in [0, 0.1) is 5.92 Å². The summed E-state index contributed by atoms with van der Waals surface area (Å²) in [4.78, 5) is 28.6. The third-order valence-electron chi connectivity index (χ3n) is 5.07. The van der Waals surface area contributed by atoms with Crippen LogP contribution in [0.15, 0.2) is 0 Å². The predicted octanol–water partition coefficient (Wildman–Crippen LogP) is 0.435. The van der Waals surface area contributed by atoms with Crippen molar-refractivity contribution in [2.75, 3.05) is 45.8 Å². The minimum Gasteiger partial charge on any atom is -0.354 e. The van der Waals surface area contributed by atoms with Crippen molar-refractivity contribution in [2.45, 2.75) is 45.6 Å². The Morgan fingerprint density at radius 2 is 2.00 bits per heavy atom. The highest BCUT2D eigenvalue weighted by Gasteiger charge is 2.26. The molecule has 2 aliphatic rings. The van der Waals surface area contributed by atoms with Gasteiger partial charge in [0.15, 0.2) is 0 Å². The summed E-state index contributed by atoms with van der Waals surface area (Å²) in [7, 11) is 0. The number of hydrogen-bond acceptors (Lipinski definition) is 4. The number of amides is 2. The van der Waals surface area contributed by atoms with Crippen LogP contribution >= 0.6 is 0 Å². The summed E-state index contributed by atoms with van der Waals surface area (Å²) in [6.45, 7) is 9.76. The number of likely N-dealkylation sites (tertiary alicyclic amines) is 1. The van der Waals surface area contributed by atoms with E-state index >= 15 is 0 Å². The third-order valence-corrected chi connectivity index (χ3v) is 5.07. The Morgan fingerprint density at radius 1 is 1.22 bits per heavy atom. The molecule has 2 fully saturated rings. The van der Waals surface area contributed by atoms with Gasteiger partial charge in [-0.1, -0.05) is 13.8 Å². The third kappa shape index (κ3) is 5.46. The second kappa shape index (κ2) is 9.23. The van der Waals surface area contributed by atoms with Gasteiger partial charge in [0, 0.05) is 19.6 Å². The lowest BCUT2D eigenvalue weighted by Gasteiger charge is -2.34. The largest absolute Gasteiger partial charge is 0.354 e. The van der Waals surface area contributed by atoms with Gasteiger partial charge in [-0.15, -0.1) is 0 Å². The van der Waals surface area contributed by atoms with Crippen LogP contribution in [0.25, 0.3) is 0 Å². The molecule has 2 heterocycles. The molecule has 2 saturated heterocycles. The van der Waals surface area contributed by atoms with Crippen molar-refractivity contribution in [3.63, 3.8) is 0 Å². The molecule has 6 heteroatoms. The molecule has 0 aromatic rings. The molecular weight excluding hydrogens is 292 g/mol. The molecule has 2 N–H and O–H groups in total. The zero-order valence-corrected chi connectivity index (χ0v) is 14.6. The molecule has 0 aromatic heterocycles. The molecule has 0 spiro atoms. The zero-order valence-electron chi connectivity index (χ0n) is 14.6. The average Bonchev–Trinajstić information content (AvgIpc) is 3.12. The number of carbonyl (C=O) groups is 2. The number of carbonyl (C=O) groups excluding carboxylic acids is 2. The van der Waals surface area contributed by atoms with Crippen molar-refractivity contribution < 1.29 is 9.59 Å². The smallest absolute Gasteiger partial charge is 0.237 e. The van der Waals surface area contributed by atoms with Crippen molar-refractivity contribution in [2.24, 2.45) is 5.92 Å². The first-order chi connectivity index (χ1) is 11.1. The maximum Gasteiger partial charge on any atom is 0.237 e. The lowest BCUT2D eigenvalue weighted by Crippen LogP contribution is -2.48. The molecule has 0 aromatic carbocycles. The molecule has 0 radical (unpaired) electrons. The number of rotatable bonds is 7. The molecule has 6 nitrogen and oxygen atoms in total. The number of likely N-dealkylation sites (N-methyl/N-ethyl adjacent to an activating group) is 1. The van der Waals surface area contributed by atoms with Crippen molar-refractivity contribution >= 4 is 11.8 Å². The Balaban J connectivity index is 1.74. The van der Waals surface area contributed by atoms with Gasteiger partial charge < -0.3 is 15.5 Å².